The molecule has 0 unspecified atom stereocenters. The van der Waals surface area contributed by atoms with E-state index >= 15 is 0 Å². The molecule has 1 aromatic heterocycles. The Balaban J connectivity index is 1.41. The minimum absolute atomic E-state index is 0.0513. The minimum atomic E-state index is 0.0513. The van der Waals surface area contributed by atoms with Crippen LogP contribution in [0.4, 0.5) is 5.69 Å². The Morgan fingerprint density at radius 1 is 1.25 bits per heavy atom. The molecule has 1 fully saturated rings. The number of carbonyl (C=O) groups excluding carboxylic acids is 2. The minimum Gasteiger partial charge on any atom is -0.351 e. The van der Waals surface area contributed by atoms with Gasteiger partial charge in [-0.15, -0.1) is 23.1 Å². The summed E-state index contributed by atoms with van der Waals surface area (Å²) in [6.07, 6.45) is 1.57. The summed E-state index contributed by atoms with van der Waals surface area (Å²) in [6.45, 7) is 1.32. The number of amides is 2. The van der Waals surface area contributed by atoms with Crippen LogP contribution in [0.1, 0.15) is 23.3 Å². The zero-order chi connectivity index (χ0) is 16.8. The number of hydrogen-bond acceptors (Lipinski definition) is 4. The number of hydrogen-bond donors (Lipinski definition) is 1. The number of benzene rings is 1. The predicted molar refractivity (Wildman–Crippen MR) is 100 cm³/mol. The van der Waals surface area contributed by atoms with Crippen molar-refractivity contribution in [3.63, 3.8) is 0 Å². The number of carbonyl (C=O) groups is 2. The van der Waals surface area contributed by atoms with Crippen molar-refractivity contribution in [1.82, 2.24) is 5.32 Å². The first-order valence-corrected chi connectivity index (χ1v) is 10.0. The van der Waals surface area contributed by atoms with E-state index in [0.717, 1.165) is 30.0 Å². The van der Waals surface area contributed by atoms with E-state index in [-0.39, 0.29) is 11.8 Å². The van der Waals surface area contributed by atoms with Crippen molar-refractivity contribution >= 4 is 40.6 Å². The highest BCUT2D eigenvalue weighted by molar-refractivity contribution is 7.99. The van der Waals surface area contributed by atoms with Gasteiger partial charge in [0.1, 0.15) is 0 Å². The molecule has 1 saturated heterocycles. The van der Waals surface area contributed by atoms with Gasteiger partial charge in [-0.2, -0.15) is 0 Å². The number of anilines is 1. The molecule has 126 valence electrons. The molecule has 2 amide bonds. The van der Waals surface area contributed by atoms with Gasteiger partial charge in [0.25, 0.3) is 0 Å². The van der Waals surface area contributed by atoms with Crippen LogP contribution in [-0.2, 0) is 21.9 Å². The molecule has 0 aliphatic carbocycles. The lowest BCUT2D eigenvalue weighted by molar-refractivity contribution is -0.119. The van der Waals surface area contributed by atoms with Gasteiger partial charge in [-0.05, 0) is 35.6 Å². The molecule has 1 aliphatic rings. The number of thiophene rings is 1. The first kappa shape index (κ1) is 17.0. The fraction of sp³-hybridized carbons (Fsp3) is 0.333. The van der Waals surface area contributed by atoms with Crippen molar-refractivity contribution in [2.24, 2.45) is 0 Å². The smallest absolute Gasteiger partial charge is 0.230 e. The van der Waals surface area contributed by atoms with E-state index in [1.807, 2.05) is 35.2 Å². The third-order valence-electron chi connectivity index (χ3n) is 3.87. The molecule has 0 radical (unpaired) electrons. The second-order valence-corrected chi connectivity index (χ2v) is 7.68. The SMILES string of the molecule is O=C(CSCc1cccs1)NCc1ccc(N2CCCC2=O)cc1. The molecule has 1 aromatic carbocycles. The maximum absolute atomic E-state index is 11.9. The van der Waals surface area contributed by atoms with E-state index in [1.54, 1.807) is 23.1 Å². The standard InChI is InChI=1S/C18H20N2O2S2/c21-17(13-23-12-16-3-2-10-24-16)19-11-14-5-7-15(8-6-14)20-9-1-4-18(20)22/h2-3,5-8,10H,1,4,9,11-13H2,(H,19,21). The largest absolute Gasteiger partial charge is 0.351 e. The lowest BCUT2D eigenvalue weighted by atomic mass is 10.2. The first-order chi connectivity index (χ1) is 11.7. The topological polar surface area (TPSA) is 49.4 Å². The lowest BCUT2D eigenvalue weighted by Crippen LogP contribution is -2.25. The molecule has 1 aliphatic heterocycles. The van der Waals surface area contributed by atoms with E-state index < -0.39 is 0 Å². The van der Waals surface area contributed by atoms with Crippen molar-refractivity contribution < 1.29 is 9.59 Å². The van der Waals surface area contributed by atoms with Gasteiger partial charge in [-0.3, -0.25) is 9.59 Å². The molecule has 2 heterocycles. The van der Waals surface area contributed by atoms with E-state index in [2.05, 4.69) is 16.8 Å². The highest BCUT2D eigenvalue weighted by Gasteiger charge is 2.21. The van der Waals surface area contributed by atoms with Gasteiger partial charge in [0.2, 0.25) is 11.8 Å². The summed E-state index contributed by atoms with van der Waals surface area (Å²) in [7, 11) is 0. The number of rotatable bonds is 7. The third-order valence-corrected chi connectivity index (χ3v) is 5.91. The van der Waals surface area contributed by atoms with Gasteiger partial charge < -0.3 is 10.2 Å². The first-order valence-electron chi connectivity index (χ1n) is 7.98. The van der Waals surface area contributed by atoms with E-state index in [9.17, 15) is 9.59 Å². The third kappa shape index (κ3) is 4.61. The molecular formula is C18H20N2O2S2. The van der Waals surface area contributed by atoms with Gasteiger partial charge in [0.15, 0.2) is 0 Å². The van der Waals surface area contributed by atoms with E-state index in [4.69, 9.17) is 0 Å². The summed E-state index contributed by atoms with van der Waals surface area (Å²) in [5.41, 5.74) is 1.99. The predicted octanol–water partition coefficient (Wildman–Crippen LogP) is 3.42. The van der Waals surface area contributed by atoms with Crippen LogP contribution in [0.5, 0.6) is 0 Å². The molecule has 0 saturated carbocycles. The lowest BCUT2D eigenvalue weighted by Gasteiger charge is -2.16. The Bertz CT molecular complexity index is 684. The van der Waals surface area contributed by atoms with Gasteiger partial charge >= 0.3 is 0 Å². The van der Waals surface area contributed by atoms with Crippen LogP contribution in [0.25, 0.3) is 0 Å². The Morgan fingerprint density at radius 2 is 2.08 bits per heavy atom. The number of nitrogens with one attached hydrogen (secondary N) is 1. The summed E-state index contributed by atoms with van der Waals surface area (Å²) < 4.78 is 0. The molecule has 2 aromatic rings. The molecule has 3 rings (SSSR count). The summed E-state index contributed by atoms with van der Waals surface area (Å²) in [6, 6.07) is 12.0. The Morgan fingerprint density at radius 3 is 2.75 bits per heavy atom. The van der Waals surface area contributed by atoms with Crippen LogP contribution in [-0.4, -0.2) is 24.1 Å². The van der Waals surface area contributed by atoms with E-state index in [1.165, 1.54) is 4.88 Å². The summed E-state index contributed by atoms with van der Waals surface area (Å²) in [5.74, 6) is 1.59. The average molecular weight is 361 g/mol. The van der Waals surface area contributed by atoms with Crippen LogP contribution < -0.4 is 10.2 Å². The monoisotopic (exact) mass is 360 g/mol. The molecular weight excluding hydrogens is 340 g/mol. The van der Waals surface area contributed by atoms with Gasteiger partial charge in [0, 0.05) is 35.8 Å². The van der Waals surface area contributed by atoms with Crippen LogP contribution in [0, 0.1) is 0 Å². The van der Waals surface area contributed by atoms with Crippen LogP contribution in [0.15, 0.2) is 41.8 Å². The Kier molecular flexibility index (Phi) is 5.93. The van der Waals surface area contributed by atoms with Gasteiger partial charge in [-0.1, -0.05) is 18.2 Å². The molecule has 4 nitrogen and oxygen atoms in total. The molecule has 0 spiro atoms. The maximum Gasteiger partial charge on any atom is 0.230 e. The Labute approximate surface area is 150 Å². The highest BCUT2D eigenvalue weighted by Crippen LogP contribution is 2.21. The molecule has 0 atom stereocenters. The van der Waals surface area contributed by atoms with Crippen LogP contribution in [0.3, 0.4) is 0 Å². The van der Waals surface area contributed by atoms with Crippen molar-refractivity contribution in [1.29, 1.82) is 0 Å². The van der Waals surface area contributed by atoms with Crippen molar-refractivity contribution in [3.05, 3.63) is 52.2 Å². The zero-order valence-corrected chi connectivity index (χ0v) is 15.0. The second-order valence-electron chi connectivity index (χ2n) is 5.66. The fourth-order valence-electron chi connectivity index (χ4n) is 2.61. The van der Waals surface area contributed by atoms with Gasteiger partial charge in [0.05, 0.1) is 5.75 Å². The molecule has 6 heteroatoms. The van der Waals surface area contributed by atoms with Crippen LogP contribution >= 0.6 is 23.1 Å². The molecule has 24 heavy (non-hydrogen) atoms. The van der Waals surface area contributed by atoms with Gasteiger partial charge in [-0.25, -0.2) is 0 Å². The maximum atomic E-state index is 11.9. The van der Waals surface area contributed by atoms with Crippen molar-refractivity contribution in [2.75, 3.05) is 17.2 Å². The van der Waals surface area contributed by atoms with Crippen molar-refractivity contribution in [2.45, 2.75) is 25.1 Å². The molecule has 0 bridgehead atoms. The van der Waals surface area contributed by atoms with E-state index in [0.29, 0.717) is 18.7 Å². The van der Waals surface area contributed by atoms with Crippen LogP contribution in [0.2, 0.25) is 0 Å². The van der Waals surface area contributed by atoms with Crippen molar-refractivity contribution in [3.8, 4) is 0 Å². The summed E-state index contributed by atoms with van der Waals surface area (Å²) >= 11 is 3.34. The number of nitrogens with zero attached hydrogens (tertiary/aromatic N) is 1. The summed E-state index contributed by atoms with van der Waals surface area (Å²) in [4.78, 5) is 26.7. The number of thioether (sulfide) groups is 1. The summed E-state index contributed by atoms with van der Waals surface area (Å²) in [5, 5.41) is 4.99. The molecule has 1 N–H and O–H groups in total. The second kappa shape index (κ2) is 8.35. The quantitative estimate of drug-likeness (QED) is 0.823. The average Bonchev–Trinajstić information content (AvgIpc) is 3.25. The zero-order valence-electron chi connectivity index (χ0n) is 13.4. The Hall–Kier alpha value is -1.79. The normalized spacial score (nSPS) is 14.2. The highest BCUT2D eigenvalue weighted by atomic mass is 32.2. The fourth-order valence-corrected chi connectivity index (χ4v) is 4.30.